The van der Waals surface area contributed by atoms with Gasteiger partial charge >= 0.3 is 6.03 Å². The molecule has 0 unspecified atom stereocenters. The number of nitrogens with one attached hydrogen (secondary N) is 2. The van der Waals surface area contributed by atoms with Crippen LogP contribution in [-0.4, -0.2) is 29.1 Å². The van der Waals surface area contributed by atoms with Crippen LogP contribution in [-0.2, 0) is 6.54 Å². The zero-order chi connectivity index (χ0) is 16.9. The maximum Gasteiger partial charge on any atom is 0.319 e. The van der Waals surface area contributed by atoms with E-state index in [9.17, 15) is 4.79 Å². The molecule has 3 rings (SSSR count). The predicted octanol–water partition coefficient (Wildman–Crippen LogP) is 3.36. The molecule has 7 heteroatoms. The van der Waals surface area contributed by atoms with Crippen LogP contribution < -0.4 is 15.5 Å². The third-order valence-corrected chi connectivity index (χ3v) is 4.36. The molecule has 2 heterocycles. The summed E-state index contributed by atoms with van der Waals surface area (Å²) in [6.45, 7) is 4.24. The van der Waals surface area contributed by atoms with Crippen molar-refractivity contribution in [2.75, 3.05) is 23.3 Å². The molecule has 126 valence electrons. The lowest BCUT2D eigenvalue weighted by Gasteiger charge is -2.15. The second kappa shape index (κ2) is 7.49. The Balaban J connectivity index is 1.55. The van der Waals surface area contributed by atoms with Crippen LogP contribution >= 0.6 is 11.6 Å². The lowest BCUT2D eigenvalue weighted by atomic mass is 10.2. The monoisotopic (exact) mass is 345 g/mol. The highest BCUT2D eigenvalue weighted by molar-refractivity contribution is 6.31. The Labute approximate surface area is 146 Å². The molecule has 1 aromatic carbocycles. The summed E-state index contributed by atoms with van der Waals surface area (Å²) in [6, 6.07) is 6.92. The quantitative estimate of drug-likeness (QED) is 0.891. The molecule has 1 aromatic heterocycles. The Morgan fingerprint density at radius 1 is 1.29 bits per heavy atom. The number of rotatable bonds is 4. The fraction of sp³-hybridized carbons (Fsp3) is 0.353. The molecule has 1 aliphatic heterocycles. The number of halogens is 1. The van der Waals surface area contributed by atoms with Crippen molar-refractivity contribution in [3.8, 4) is 0 Å². The van der Waals surface area contributed by atoms with E-state index < -0.39 is 0 Å². The van der Waals surface area contributed by atoms with Gasteiger partial charge < -0.3 is 15.5 Å². The van der Waals surface area contributed by atoms with Crippen molar-refractivity contribution in [1.29, 1.82) is 0 Å². The first-order valence-corrected chi connectivity index (χ1v) is 8.37. The highest BCUT2D eigenvalue weighted by Crippen LogP contribution is 2.20. The lowest BCUT2D eigenvalue weighted by molar-refractivity contribution is 0.251. The Morgan fingerprint density at radius 3 is 2.83 bits per heavy atom. The summed E-state index contributed by atoms with van der Waals surface area (Å²) < 4.78 is 0. The van der Waals surface area contributed by atoms with Crippen molar-refractivity contribution in [2.45, 2.75) is 26.3 Å². The molecule has 1 fully saturated rings. The molecule has 0 aliphatic carbocycles. The van der Waals surface area contributed by atoms with Gasteiger partial charge in [0.2, 0.25) is 5.95 Å². The number of aryl methyl sites for hydroxylation is 1. The van der Waals surface area contributed by atoms with Gasteiger partial charge in [-0.1, -0.05) is 17.7 Å². The van der Waals surface area contributed by atoms with E-state index in [1.807, 2.05) is 25.1 Å². The molecular weight excluding hydrogens is 326 g/mol. The minimum atomic E-state index is -0.295. The van der Waals surface area contributed by atoms with Crippen LogP contribution in [0, 0.1) is 6.92 Å². The van der Waals surface area contributed by atoms with Gasteiger partial charge in [0.25, 0.3) is 0 Å². The summed E-state index contributed by atoms with van der Waals surface area (Å²) in [5.41, 5.74) is 2.41. The summed E-state index contributed by atoms with van der Waals surface area (Å²) in [6.07, 6.45) is 4.08. The summed E-state index contributed by atoms with van der Waals surface area (Å²) in [4.78, 5) is 23.0. The van der Waals surface area contributed by atoms with Crippen LogP contribution in [0.2, 0.25) is 5.02 Å². The number of carbonyl (C=O) groups excluding carboxylic acids is 1. The fourth-order valence-corrected chi connectivity index (χ4v) is 2.75. The van der Waals surface area contributed by atoms with E-state index in [-0.39, 0.29) is 6.03 Å². The maximum atomic E-state index is 12.0. The first kappa shape index (κ1) is 16.5. The lowest BCUT2D eigenvalue weighted by Crippen LogP contribution is -2.29. The van der Waals surface area contributed by atoms with Gasteiger partial charge in [-0.3, -0.25) is 0 Å². The van der Waals surface area contributed by atoms with Crippen LogP contribution in [0.25, 0.3) is 0 Å². The van der Waals surface area contributed by atoms with Gasteiger partial charge in [-0.15, -0.1) is 0 Å². The number of carbonyl (C=O) groups is 1. The first-order valence-electron chi connectivity index (χ1n) is 8.00. The third kappa shape index (κ3) is 4.14. The second-order valence-electron chi connectivity index (χ2n) is 5.81. The zero-order valence-corrected chi connectivity index (χ0v) is 14.3. The van der Waals surface area contributed by atoms with Crippen molar-refractivity contribution >= 4 is 29.3 Å². The molecule has 0 radical (unpaired) electrons. The van der Waals surface area contributed by atoms with Gasteiger partial charge in [0.15, 0.2) is 0 Å². The summed E-state index contributed by atoms with van der Waals surface area (Å²) >= 11 is 6.06. The summed E-state index contributed by atoms with van der Waals surface area (Å²) in [5, 5.41) is 6.18. The van der Waals surface area contributed by atoms with Gasteiger partial charge in [0, 0.05) is 30.0 Å². The van der Waals surface area contributed by atoms with Gasteiger partial charge in [-0.2, -0.15) is 0 Å². The first-order chi connectivity index (χ1) is 11.6. The zero-order valence-electron chi connectivity index (χ0n) is 13.6. The van der Waals surface area contributed by atoms with Gasteiger partial charge in [0.1, 0.15) is 0 Å². The number of anilines is 2. The molecule has 2 aromatic rings. The van der Waals surface area contributed by atoms with Crippen LogP contribution in [0.5, 0.6) is 0 Å². The molecule has 2 amide bonds. The topological polar surface area (TPSA) is 70.2 Å². The Kier molecular flexibility index (Phi) is 5.15. The average molecular weight is 346 g/mol. The molecule has 1 aliphatic rings. The fourth-order valence-electron chi connectivity index (χ4n) is 2.57. The van der Waals surface area contributed by atoms with Crippen LogP contribution in [0.4, 0.5) is 16.4 Å². The number of hydrogen-bond acceptors (Lipinski definition) is 4. The normalized spacial score (nSPS) is 13.8. The van der Waals surface area contributed by atoms with Crippen molar-refractivity contribution in [3.63, 3.8) is 0 Å². The number of nitrogens with zero attached hydrogens (tertiary/aromatic N) is 3. The minimum absolute atomic E-state index is 0.295. The Morgan fingerprint density at radius 2 is 2.08 bits per heavy atom. The van der Waals surface area contributed by atoms with E-state index in [0.717, 1.165) is 30.3 Å². The summed E-state index contributed by atoms with van der Waals surface area (Å²) in [7, 11) is 0. The van der Waals surface area contributed by atoms with Crippen LogP contribution in [0.1, 0.15) is 24.1 Å². The van der Waals surface area contributed by atoms with Crippen molar-refractivity contribution in [2.24, 2.45) is 0 Å². The van der Waals surface area contributed by atoms with E-state index in [1.54, 1.807) is 12.3 Å². The average Bonchev–Trinajstić information content (AvgIpc) is 3.11. The van der Waals surface area contributed by atoms with Gasteiger partial charge in [0.05, 0.1) is 12.2 Å². The molecule has 0 spiro atoms. The maximum absolute atomic E-state index is 12.0. The second-order valence-corrected chi connectivity index (χ2v) is 6.22. The number of benzene rings is 1. The van der Waals surface area contributed by atoms with Crippen molar-refractivity contribution in [1.82, 2.24) is 15.3 Å². The Hall–Kier alpha value is -2.34. The molecule has 0 saturated carbocycles. The molecule has 0 bridgehead atoms. The highest BCUT2D eigenvalue weighted by atomic mass is 35.5. The predicted molar refractivity (Wildman–Crippen MR) is 95.5 cm³/mol. The van der Waals surface area contributed by atoms with E-state index in [0.29, 0.717) is 17.3 Å². The van der Waals surface area contributed by atoms with Crippen molar-refractivity contribution in [3.05, 3.63) is 46.7 Å². The number of hydrogen-bond donors (Lipinski definition) is 2. The molecule has 6 nitrogen and oxygen atoms in total. The molecule has 1 saturated heterocycles. The standard InChI is InChI=1S/C17H20ClN5O/c1-12-4-5-13(10-15(12)18)22-17(24)20-11-14-6-7-19-16(21-14)23-8-2-3-9-23/h4-7,10H,2-3,8-9,11H2,1H3,(H2,20,22,24). The van der Waals surface area contributed by atoms with Crippen molar-refractivity contribution < 1.29 is 4.79 Å². The molecule has 2 N–H and O–H groups in total. The molecule has 24 heavy (non-hydrogen) atoms. The summed E-state index contributed by atoms with van der Waals surface area (Å²) in [5.74, 6) is 0.734. The van der Waals surface area contributed by atoms with E-state index >= 15 is 0 Å². The van der Waals surface area contributed by atoms with Crippen LogP contribution in [0.3, 0.4) is 0 Å². The van der Waals surface area contributed by atoms with Gasteiger partial charge in [-0.05, 0) is 43.5 Å². The number of amides is 2. The van der Waals surface area contributed by atoms with E-state index in [1.165, 1.54) is 12.8 Å². The van der Waals surface area contributed by atoms with Crippen LogP contribution in [0.15, 0.2) is 30.5 Å². The van der Waals surface area contributed by atoms with E-state index in [2.05, 4.69) is 25.5 Å². The van der Waals surface area contributed by atoms with Gasteiger partial charge in [-0.25, -0.2) is 14.8 Å². The van der Waals surface area contributed by atoms with E-state index in [4.69, 9.17) is 11.6 Å². The highest BCUT2D eigenvalue weighted by Gasteiger charge is 2.15. The molecule has 0 atom stereocenters. The minimum Gasteiger partial charge on any atom is -0.341 e. The Bertz CT molecular complexity index is 731. The molecular formula is C17H20ClN5O. The largest absolute Gasteiger partial charge is 0.341 e. The number of aromatic nitrogens is 2. The smallest absolute Gasteiger partial charge is 0.319 e. The number of urea groups is 1. The third-order valence-electron chi connectivity index (χ3n) is 3.95. The SMILES string of the molecule is Cc1ccc(NC(=O)NCc2ccnc(N3CCCC3)n2)cc1Cl.